The third-order valence-corrected chi connectivity index (χ3v) is 3.13. The molecule has 20 heavy (non-hydrogen) atoms. The summed E-state index contributed by atoms with van der Waals surface area (Å²) >= 11 is 0. The summed E-state index contributed by atoms with van der Waals surface area (Å²) in [5, 5.41) is 12.2. The molecule has 104 valence electrons. The third-order valence-electron chi connectivity index (χ3n) is 3.13. The van der Waals surface area contributed by atoms with Gasteiger partial charge in [-0.1, -0.05) is 31.2 Å². The number of carboxylic acids is 1. The number of hydrogen-bond donors (Lipinski definition) is 2. The van der Waals surface area contributed by atoms with Crippen LogP contribution < -0.4 is 5.32 Å². The van der Waals surface area contributed by atoms with E-state index < -0.39 is 5.97 Å². The third kappa shape index (κ3) is 2.96. The molecule has 0 atom stereocenters. The summed E-state index contributed by atoms with van der Waals surface area (Å²) in [6, 6.07) is 10.0. The predicted octanol–water partition coefficient (Wildman–Crippen LogP) is 3.44. The molecular formula is C16H18N2O2. The van der Waals surface area contributed by atoms with Crippen molar-refractivity contribution in [1.82, 2.24) is 4.98 Å². The highest BCUT2D eigenvalue weighted by Gasteiger charge is 2.12. The van der Waals surface area contributed by atoms with Crippen LogP contribution in [0.1, 0.15) is 29.9 Å². The predicted molar refractivity (Wildman–Crippen MR) is 80.2 cm³/mol. The Morgan fingerprint density at radius 3 is 2.70 bits per heavy atom. The number of anilines is 1. The smallest absolute Gasteiger partial charge is 0.356 e. The first kappa shape index (κ1) is 14.1. The fraction of sp³-hybridized carbons (Fsp3) is 0.250. The van der Waals surface area contributed by atoms with Crippen LogP contribution in [-0.4, -0.2) is 22.6 Å². The van der Waals surface area contributed by atoms with E-state index >= 15 is 0 Å². The van der Waals surface area contributed by atoms with Gasteiger partial charge >= 0.3 is 5.97 Å². The molecule has 0 aliphatic heterocycles. The molecule has 0 saturated carbocycles. The molecule has 4 nitrogen and oxygen atoms in total. The van der Waals surface area contributed by atoms with Crippen molar-refractivity contribution in [2.24, 2.45) is 0 Å². The number of rotatable bonds is 5. The quantitative estimate of drug-likeness (QED) is 0.873. The Morgan fingerprint density at radius 2 is 2.05 bits per heavy atom. The molecule has 2 rings (SSSR count). The van der Waals surface area contributed by atoms with Crippen LogP contribution in [0.4, 0.5) is 5.69 Å². The van der Waals surface area contributed by atoms with Crippen molar-refractivity contribution in [3.8, 4) is 11.1 Å². The van der Waals surface area contributed by atoms with E-state index in [9.17, 15) is 4.79 Å². The molecule has 4 heteroatoms. The summed E-state index contributed by atoms with van der Waals surface area (Å²) in [6.45, 7) is 4.69. The largest absolute Gasteiger partial charge is 0.476 e. The molecule has 0 aliphatic rings. The molecule has 0 fully saturated rings. The molecule has 0 aliphatic carbocycles. The zero-order valence-electron chi connectivity index (χ0n) is 11.7. The first-order valence-electron chi connectivity index (χ1n) is 6.72. The van der Waals surface area contributed by atoms with E-state index in [4.69, 9.17) is 5.11 Å². The maximum Gasteiger partial charge on any atom is 0.356 e. The van der Waals surface area contributed by atoms with Gasteiger partial charge in [0.25, 0.3) is 0 Å². The van der Waals surface area contributed by atoms with Gasteiger partial charge in [-0.2, -0.15) is 0 Å². The van der Waals surface area contributed by atoms with Crippen LogP contribution in [0, 0.1) is 0 Å². The van der Waals surface area contributed by atoms with E-state index in [-0.39, 0.29) is 5.69 Å². The molecule has 1 aromatic carbocycles. The Hall–Kier alpha value is -2.36. The average molecular weight is 270 g/mol. The normalized spacial score (nSPS) is 10.3. The molecule has 0 radical (unpaired) electrons. The monoisotopic (exact) mass is 270 g/mol. The van der Waals surface area contributed by atoms with Gasteiger partial charge < -0.3 is 10.4 Å². The second-order valence-electron chi connectivity index (χ2n) is 4.51. The fourth-order valence-corrected chi connectivity index (χ4v) is 2.09. The number of benzene rings is 1. The number of carbonyl (C=O) groups is 1. The standard InChI is InChI=1S/C16H18N2O2/c1-3-11-6-5-7-12(8-11)13-9-14(17-4-2)15(16(19)20)18-10-13/h5-10,17H,3-4H2,1-2H3,(H,19,20). The minimum absolute atomic E-state index is 0.0576. The highest BCUT2D eigenvalue weighted by molar-refractivity contribution is 5.93. The number of aryl methyl sites for hydroxylation is 1. The molecule has 2 N–H and O–H groups in total. The lowest BCUT2D eigenvalue weighted by molar-refractivity contribution is 0.0691. The Bertz CT molecular complexity index is 624. The number of hydrogen-bond acceptors (Lipinski definition) is 3. The van der Waals surface area contributed by atoms with Crippen molar-refractivity contribution >= 4 is 11.7 Å². The van der Waals surface area contributed by atoms with Gasteiger partial charge in [0.2, 0.25) is 0 Å². The van der Waals surface area contributed by atoms with E-state index in [2.05, 4.69) is 29.4 Å². The fourth-order valence-electron chi connectivity index (χ4n) is 2.09. The van der Waals surface area contributed by atoms with Gasteiger partial charge in [0.15, 0.2) is 5.69 Å². The van der Waals surface area contributed by atoms with Crippen LogP contribution in [0.3, 0.4) is 0 Å². The van der Waals surface area contributed by atoms with E-state index in [1.807, 2.05) is 25.1 Å². The molecule has 2 aromatic rings. The number of aromatic carboxylic acids is 1. The number of aromatic nitrogens is 1. The van der Waals surface area contributed by atoms with Gasteiger partial charge in [-0.15, -0.1) is 0 Å². The first-order valence-corrected chi connectivity index (χ1v) is 6.72. The number of carboxylic acid groups (broad SMARTS) is 1. The summed E-state index contributed by atoms with van der Waals surface area (Å²) in [6.07, 6.45) is 2.58. The summed E-state index contributed by atoms with van der Waals surface area (Å²) in [4.78, 5) is 15.2. The van der Waals surface area contributed by atoms with Crippen LogP contribution in [0.2, 0.25) is 0 Å². The van der Waals surface area contributed by atoms with Crippen molar-refractivity contribution < 1.29 is 9.90 Å². The average Bonchev–Trinajstić information content (AvgIpc) is 2.47. The van der Waals surface area contributed by atoms with Crippen molar-refractivity contribution in [3.63, 3.8) is 0 Å². The second kappa shape index (κ2) is 6.19. The summed E-state index contributed by atoms with van der Waals surface area (Å²) in [7, 11) is 0. The minimum atomic E-state index is -1.02. The highest BCUT2D eigenvalue weighted by atomic mass is 16.4. The van der Waals surface area contributed by atoms with Gasteiger partial charge in [0.1, 0.15) is 0 Å². The van der Waals surface area contributed by atoms with Crippen LogP contribution in [0.25, 0.3) is 11.1 Å². The van der Waals surface area contributed by atoms with E-state index in [1.54, 1.807) is 6.20 Å². The molecular weight excluding hydrogens is 252 g/mol. The van der Waals surface area contributed by atoms with Crippen LogP contribution >= 0.6 is 0 Å². The summed E-state index contributed by atoms with van der Waals surface area (Å²) in [5.41, 5.74) is 3.82. The molecule has 0 unspecified atom stereocenters. The number of pyridine rings is 1. The lowest BCUT2D eigenvalue weighted by Gasteiger charge is -2.10. The Kier molecular flexibility index (Phi) is 4.35. The van der Waals surface area contributed by atoms with Crippen LogP contribution in [0.15, 0.2) is 36.5 Å². The maximum absolute atomic E-state index is 11.1. The molecule has 0 saturated heterocycles. The zero-order valence-corrected chi connectivity index (χ0v) is 11.7. The summed E-state index contributed by atoms with van der Waals surface area (Å²) in [5.74, 6) is -1.02. The van der Waals surface area contributed by atoms with Gasteiger partial charge in [-0.25, -0.2) is 9.78 Å². The Labute approximate surface area is 118 Å². The van der Waals surface area contributed by atoms with E-state index in [0.717, 1.165) is 17.5 Å². The first-order chi connectivity index (χ1) is 9.65. The second-order valence-corrected chi connectivity index (χ2v) is 4.51. The SMILES string of the molecule is CCNc1cc(-c2cccc(CC)c2)cnc1C(=O)O. The lowest BCUT2D eigenvalue weighted by Crippen LogP contribution is -2.08. The summed E-state index contributed by atoms with van der Waals surface area (Å²) < 4.78 is 0. The molecule has 1 aromatic heterocycles. The van der Waals surface area contributed by atoms with Crippen molar-refractivity contribution in [1.29, 1.82) is 0 Å². The lowest BCUT2D eigenvalue weighted by atomic mass is 10.0. The Balaban J connectivity index is 2.46. The topological polar surface area (TPSA) is 62.2 Å². The minimum Gasteiger partial charge on any atom is -0.476 e. The van der Waals surface area contributed by atoms with Gasteiger partial charge in [-0.05, 0) is 30.5 Å². The number of nitrogens with one attached hydrogen (secondary N) is 1. The van der Waals surface area contributed by atoms with Crippen LogP contribution in [0.5, 0.6) is 0 Å². The highest BCUT2D eigenvalue weighted by Crippen LogP contribution is 2.25. The van der Waals surface area contributed by atoms with Crippen molar-refractivity contribution in [2.45, 2.75) is 20.3 Å². The van der Waals surface area contributed by atoms with Crippen molar-refractivity contribution in [3.05, 3.63) is 47.8 Å². The molecule has 0 amide bonds. The van der Waals surface area contributed by atoms with Gasteiger partial charge in [0.05, 0.1) is 5.69 Å². The zero-order chi connectivity index (χ0) is 14.5. The van der Waals surface area contributed by atoms with Crippen LogP contribution in [-0.2, 0) is 6.42 Å². The Morgan fingerprint density at radius 1 is 1.25 bits per heavy atom. The van der Waals surface area contributed by atoms with E-state index in [0.29, 0.717) is 12.2 Å². The van der Waals surface area contributed by atoms with Gasteiger partial charge in [0, 0.05) is 18.3 Å². The molecule has 1 heterocycles. The van der Waals surface area contributed by atoms with Crippen molar-refractivity contribution in [2.75, 3.05) is 11.9 Å². The number of nitrogens with zero attached hydrogens (tertiary/aromatic N) is 1. The maximum atomic E-state index is 11.1. The molecule has 0 spiro atoms. The van der Waals surface area contributed by atoms with Gasteiger partial charge in [-0.3, -0.25) is 0 Å². The molecule has 0 bridgehead atoms. The van der Waals surface area contributed by atoms with E-state index in [1.165, 1.54) is 5.56 Å².